The van der Waals surface area contributed by atoms with Crippen LogP contribution in [0.25, 0.3) is 0 Å². The Bertz CT molecular complexity index is 1390. The van der Waals surface area contributed by atoms with E-state index in [1.165, 1.54) is 11.6 Å². The van der Waals surface area contributed by atoms with Crippen molar-refractivity contribution in [2.75, 3.05) is 13.2 Å². The number of hydrogen-bond acceptors (Lipinski definition) is 6. The van der Waals surface area contributed by atoms with E-state index < -0.39 is 16.0 Å². The second kappa shape index (κ2) is 10.3. The van der Waals surface area contributed by atoms with Crippen molar-refractivity contribution in [1.29, 1.82) is 0 Å². The SMILES string of the molecule is Cc1cc(C(=O)COC(=O)CCN=C2NS(=O)(=O)c3ccccc32)c(C)n1CCc1ccccc1. The summed E-state index contributed by atoms with van der Waals surface area (Å²) < 4.78 is 33.9. The summed E-state index contributed by atoms with van der Waals surface area (Å²) in [5, 5.41) is 0. The zero-order chi connectivity index (χ0) is 25.0. The number of fused-ring (bicyclic) bond motifs is 1. The van der Waals surface area contributed by atoms with Crippen molar-refractivity contribution in [3.63, 3.8) is 0 Å². The average Bonchev–Trinajstić information content (AvgIpc) is 3.28. The predicted octanol–water partition coefficient (Wildman–Crippen LogP) is 3.20. The van der Waals surface area contributed by atoms with Crippen LogP contribution < -0.4 is 4.72 Å². The number of esters is 1. The van der Waals surface area contributed by atoms with Gasteiger partial charge in [0.25, 0.3) is 10.0 Å². The monoisotopic (exact) mass is 493 g/mol. The standard InChI is InChI=1S/C26H27N3O5S/c1-18-16-22(19(2)29(18)15-13-20-8-4-3-5-9-20)23(30)17-34-25(31)12-14-27-26-21-10-6-7-11-24(21)35(32,33)28-26/h3-11,16H,12-15,17H2,1-2H3,(H,27,28). The van der Waals surface area contributed by atoms with Crippen molar-refractivity contribution in [3.8, 4) is 0 Å². The Labute approximate surface area is 204 Å². The van der Waals surface area contributed by atoms with Gasteiger partial charge in [-0.05, 0) is 44.0 Å². The number of nitrogens with one attached hydrogen (secondary N) is 1. The Morgan fingerprint density at radius 3 is 2.51 bits per heavy atom. The first kappa shape index (κ1) is 24.4. The van der Waals surface area contributed by atoms with E-state index in [1.807, 2.05) is 38.1 Å². The maximum absolute atomic E-state index is 12.7. The van der Waals surface area contributed by atoms with E-state index in [1.54, 1.807) is 18.2 Å². The van der Waals surface area contributed by atoms with Crippen molar-refractivity contribution in [2.24, 2.45) is 4.99 Å². The highest BCUT2D eigenvalue weighted by molar-refractivity contribution is 7.90. The number of nitrogens with zero attached hydrogens (tertiary/aromatic N) is 2. The second-order valence-electron chi connectivity index (χ2n) is 8.34. The number of aliphatic imine (C=N–C) groups is 1. The Balaban J connectivity index is 1.30. The van der Waals surface area contributed by atoms with Gasteiger partial charge >= 0.3 is 5.97 Å². The molecule has 182 valence electrons. The predicted molar refractivity (Wildman–Crippen MR) is 132 cm³/mol. The minimum atomic E-state index is -3.63. The summed E-state index contributed by atoms with van der Waals surface area (Å²) in [5.74, 6) is -0.636. The summed E-state index contributed by atoms with van der Waals surface area (Å²) in [6.07, 6.45) is 0.778. The van der Waals surface area contributed by atoms with Gasteiger partial charge in [-0.2, -0.15) is 0 Å². The Morgan fingerprint density at radius 2 is 1.74 bits per heavy atom. The van der Waals surface area contributed by atoms with Crippen molar-refractivity contribution in [1.82, 2.24) is 9.29 Å². The van der Waals surface area contributed by atoms with E-state index in [4.69, 9.17) is 4.74 Å². The molecule has 2 aromatic carbocycles. The highest BCUT2D eigenvalue weighted by Crippen LogP contribution is 2.22. The molecule has 9 heteroatoms. The van der Waals surface area contributed by atoms with Crippen LogP contribution in [0.15, 0.2) is 70.6 Å². The number of ketones is 1. The molecule has 0 atom stereocenters. The maximum Gasteiger partial charge on any atom is 0.308 e. The summed E-state index contributed by atoms with van der Waals surface area (Å²) in [6, 6.07) is 18.5. The van der Waals surface area contributed by atoms with E-state index in [-0.39, 0.29) is 36.1 Å². The molecule has 0 radical (unpaired) electrons. The number of carbonyl (C=O) groups excluding carboxylic acids is 2. The van der Waals surface area contributed by atoms with Crippen molar-refractivity contribution in [2.45, 2.75) is 38.1 Å². The number of aryl methyl sites for hydroxylation is 2. The number of aromatic nitrogens is 1. The molecule has 3 aromatic rings. The normalized spacial score (nSPS) is 15.0. The largest absolute Gasteiger partial charge is 0.457 e. The highest BCUT2D eigenvalue weighted by atomic mass is 32.2. The van der Waals surface area contributed by atoms with E-state index in [0.29, 0.717) is 11.1 Å². The van der Waals surface area contributed by atoms with Crippen LogP contribution in [0.4, 0.5) is 0 Å². The van der Waals surface area contributed by atoms with Gasteiger partial charge in [0.05, 0.1) is 17.9 Å². The molecule has 1 aromatic heterocycles. The lowest BCUT2D eigenvalue weighted by Crippen LogP contribution is -2.22. The molecule has 0 saturated carbocycles. The number of sulfonamides is 1. The minimum absolute atomic E-state index is 0.0349. The van der Waals surface area contributed by atoms with Gasteiger partial charge in [0.1, 0.15) is 5.84 Å². The molecule has 1 aliphatic heterocycles. The zero-order valence-electron chi connectivity index (χ0n) is 19.7. The van der Waals surface area contributed by atoms with Crippen molar-refractivity contribution in [3.05, 3.63) is 88.7 Å². The van der Waals surface area contributed by atoms with Gasteiger partial charge in [0, 0.05) is 29.1 Å². The lowest BCUT2D eigenvalue weighted by atomic mass is 10.1. The number of carbonyl (C=O) groups is 2. The van der Waals surface area contributed by atoms with Crippen LogP contribution >= 0.6 is 0 Å². The fourth-order valence-corrected chi connectivity index (χ4v) is 5.37. The molecule has 35 heavy (non-hydrogen) atoms. The van der Waals surface area contributed by atoms with Gasteiger partial charge in [-0.1, -0.05) is 42.5 Å². The molecule has 4 rings (SSSR count). The molecule has 0 spiro atoms. The van der Waals surface area contributed by atoms with Gasteiger partial charge in [0.15, 0.2) is 6.61 Å². The van der Waals surface area contributed by atoms with Crippen LogP contribution in [-0.4, -0.2) is 43.7 Å². The third kappa shape index (κ3) is 5.51. The number of amidine groups is 1. The molecule has 0 unspecified atom stereocenters. The van der Waals surface area contributed by atoms with Crippen LogP contribution in [0.5, 0.6) is 0 Å². The van der Waals surface area contributed by atoms with Crippen LogP contribution in [-0.2, 0) is 32.5 Å². The van der Waals surface area contributed by atoms with Crippen LogP contribution in [0, 0.1) is 13.8 Å². The second-order valence-corrected chi connectivity index (χ2v) is 9.99. The summed E-state index contributed by atoms with van der Waals surface area (Å²) >= 11 is 0. The number of Topliss-reactive ketones (excluding diaryl/α,β-unsaturated/α-hetero) is 1. The Hall–Kier alpha value is -3.72. The summed E-state index contributed by atoms with van der Waals surface area (Å²) in [6.45, 7) is 4.28. The van der Waals surface area contributed by atoms with Gasteiger partial charge in [-0.15, -0.1) is 0 Å². The summed E-state index contributed by atoms with van der Waals surface area (Å²) in [4.78, 5) is 29.2. The number of ether oxygens (including phenoxy) is 1. The van der Waals surface area contributed by atoms with Gasteiger partial charge in [-0.3, -0.25) is 19.3 Å². The Morgan fingerprint density at radius 1 is 1.03 bits per heavy atom. The lowest BCUT2D eigenvalue weighted by Gasteiger charge is -2.10. The average molecular weight is 494 g/mol. The summed E-state index contributed by atoms with van der Waals surface area (Å²) in [5.41, 5.74) is 4.06. The highest BCUT2D eigenvalue weighted by Gasteiger charge is 2.30. The van der Waals surface area contributed by atoms with E-state index >= 15 is 0 Å². The molecular weight excluding hydrogens is 466 g/mol. The van der Waals surface area contributed by atoms with Crippen molar-refractivity contribution >= 4 is 27.6 Å². The Kier molecular flexibility index (Phi) is 7.16. The van der Waals surface area contributed by atoms with E-state index in [0.717, 1.165) is 24.4 Å². The molecular formula is C26H27N3O5S. The van der Waals surface area contributed by atoms with Crippen LogP contribution in [0.3, 0.4) is 0 Å². The topological polar surface area (TPSA) is 107 Å². The van der Waals surface area contributed by atoms with E-state index in [9.17, 15) is 18.0 Å². The zero-order valence-corrected chi connectivity index (χ0v) is 20.5. The maximum atomic E-state index is 12.7. The number of benzene rings is 2. The summed E-state index contributed by atoms with van der Waals surface area (Å²) in [7, 11) is -3.63. The number of rotatable bonds is 9. The molecule has 1 N–H and O–H groups in total. The van der Waals surface area contributed by atoms with Crippen molar-refractivity contribution < 1.29 is 22.7 Å². The third-order valence-electron chi connectivity index (χ3n) is 5.95. The molecule has 0 amide bonds. The van der Waals surface area contributed by atoms with Gasteiger partial charge < -0.3 is 9.30 Å². The van der Waals surface area contributed by atoms with Crippen LogP contribution in [0.2, 0.25) is 0 Å². The first-order valence-corrected chi connectivity index (χ1v) is 12.8. The molecule has 0 bridgehead atoms. The molecule has 0 fully saturated rings. The quantitative estimate of drug-likeness (QED) is 0.364. The number of hydrogen-bond donors (Lipinski definition) is 1. The fourth-order valence-electron chi connectivity index (χ4n) is 4.12. The van der Waals surface area contributed by atoms with Gasteiger partial charge in [-0.25, -0.2) is 8.42 Å². The molecule has 0 aliphatic carbocycles. The smallest absolute Gasteiger partial charge is 0.308 e. The minimum Gasteiger partial charge on any atom is -0.457 e. The molecule has 0 saturated heterocycles. The van der Waals surface area contributed by atoms with Crippen LogP contribution in [0.1, 0.15) is 39.3 Å². The molecule has 1 aliphatic rings. The molecule has 8 nitrogen and oxygen atoms in total. The third-order valence-corrected chi connectivity index (χ3v) is 7.35. The molecule has 2 heterocycles. The first-order valence-electron chi connectivity index (χ1n) is 11.3. The van der Waals surface area contributed by atoms with E-state index in [2.05, 4.69) is 26.4 Å². The first-order chi connectivity index (χ1) is 16.8. The van der Waals surface area contributed by atoms with Gasteiger partial charge in [0.2, 0.25) is 5.78 Å². The fraction of sp³-hybridized carbons (Fsp3) is 0.269. The lowest BCUT2D eigenvalue weighted by molar-refractivity contribution is -0.142.